The second-order valence-electron chi connectivity index (χ2n) is 6.32. The van der Waals surface area contributed by atoms with Crippen LogP contribution in [0.25, 0.3) is 6.08 Å². The van der Waals surface area contributed by atoms with Gasteiger partial charge in [0.2, 0.25) is 0 Å². The lowest BCUT2D eigenvalue weighted by atomic mass is 10.2. The summed E-state index contributed by atoms with van der Waals surface area (Å²) < 4.78 is 16.2. The van der Waals surface area contributed by atoms with Crippen LogP contribution in [-0.4, -0.2) is 28.5 Å². The van der Waals surface area contributed by atoms with Crippen LogP contribution in [0.1, 0.15) is 11.1 Å². The summed E-state index contributed by atoms with van der Waals surface area (Å²) in [6.07, 6.45) is 3.16. The fourth-order valence-corrected chi connectivity index (χ4v) is 4.42. The molecule has 0 saturated heterocycles. The molecule has 0 bridgehead atoms. The molecule has 0 N–H and O–H groups in total. The van der Waals surface area contributed by atoms with Crippen molar-refractivity contribution < 1.29 is 18.7 Å². The maximum Gasteiger partial charge on any atom is 0.317 e. The molecular formula is C20H24O4Si. The highest BCUT2D eigenvalue weighted by atomic mass is 28.4. The average Bonchev–Trinajstić information content (AvgIpc) is 2.59. The van der Waals surface area contributed by atoms with Crippen molar-refractivity contribution in [1.82, 2.24) is 0 Å². The van der Waals surface area contributed by atoms with Crippen molar-refractivity contribution in [2.75, 3.05) is 14.2 Å². The van der Waals surface area contributed by atoms with Crippen molar-refractivity contribution in [3.63, 3.8) is 0 Å². The molecule has 5 heteroatoms. The number of benzene rings is 2. The van der Waals surface area contributed by atoms with Crippen molar-refractivity contribution in [3.8, 4) is 11.5 Å². The summed E-state index contributed by atoms with van der Waals surface area (Å²) in [4.78, 5) is 12.2. The number of rotatable bonds is 7. The Balaban J connectivity index is 2.02. The summed E-state index contributed by atoms with van der Waals surface area (Å²) in [7, 11) is 1.05. The first-order chi connectivity index (χ1) is 11.9. The number of methoxy groups -OCH3 is 2. The zero-order chi connectivity index (χ0) is 18.3. The molecule has 25 heavy (non-hydrogen) atoms. The van der Waals surface area contributed by atoms with Gasteiger partial charge >= 0.3 is 5.97 Å². The Bertz CT molecular complexity index is 716. The number of hydrogen-bond acceptors (Lipinski definition) is 4. The predicted molar refractivity (Wildman–Crippen MR) is 102 cm³/mol. The third kappa shape index (κ3) is 6.12. The van der Waals surface area contributed by atoms with Gasteiger partial charge in [-0.25, -0.2) is 4.79 Å². The molecule has 0 heterocycles. The SMILES string of the molecule is COc1cc(/C=C/C(=O)O[Si](C)(C)Cc2ccccc2)cc(OC)c1. The van der Waals surface area contributed by atoms with E-state index in [1.807, 2.05) is 43.4 Å². The standard InChI is InChI=1S/C20H24O4Si/c1-22-18-12-17(13-19(14-18)23-2)10-11-20(21)24-25(3,4)15-16-8-6-5-7-9-16/h5-14H,15H2,1-4H3/b11-10+. The Kier molecular flexibility index (Phi) is 6.42. The Morgan fingerprint density at radius 1 is 1.00 bits per heavy atom. The lowest BCUT2D eigenvalue weighted by Gasteiger charge is -2.21. The molecule has 0 atom stereocenters. The predicted octanol–water partition coefficient (Wildman–Crippen LogP) is 4.25. The molecule has 132 valence electrons. The zero-order valence-electron chi connectivity index (χ0n) is 15.1. The third-order valence-electron chi connectivity index (χ3n) is 3.64. The van der Waals surface area contributed by atoms with E-state index < -0.39 is 8.32 Å². The monoisotopic (exact) mass is 356 g/mol. The molecule has 2 aromatic rings. The van der Waals surface area contributed by atoms with Crippen LogP contribution in [-0.2, 0) is 15.3 Å². The van der Waals surface area contributed by atoms with Gasteiger partial charge in [0, 0.05) is 18.2 Å². The smallest absolute Gasteiger partial charge is 0.317 e. The highest BCUT2D eigenvalue weighted by Gasteiger charge is 2.26. The zero-order valence-corrected chi connectivity index (χ0v) is 16.1. The van der Waals surface area contributed by atoms with Gasteiger partial charge in [-0.15, -0.1) is 0 Å². The van der Waals surface area contributed by atoms with Gasteiger partial charge < -0.3 is 13.9 Å². The molecule has 0 radical (unpaired) electrons. The van der Waals surface area contributed by atoms with Gasteiger partial charge in [0.1, 0.15) is 11.5 Å². The molecular weight excluding hydrogens is 332 g/mol. The third-order valence-corrected chi connectivity index (χ3v) is 5.65. The molecule has 2 aromatic carbocycles. The van der Waals surface area contributed by atoms with Crippen molar-refractivity contribution >= 4 is 20.4 Å². The van der Waals surface area contributed by atoms with Gasteiger partial charge in [-0.05, 0) is 42.4 Å². The summed E-state index contributed by atoms with van der Waals surface area (Å²) >= 11 is 0. The van der Waals surface area contributed by atoms with Crippen LogP contribution in [0.15, 0.2) is 54.6 Å². The molecule has 0 spiro atoms. The molecule has 4 nitrogen and oxygen atoms in total. The van der Waals surface area contributed by atoms with Crippen LogP contribution in [0.5, 0.6) is 11.5 Å². The lowest BCUT2D eigenvalue weighted by molar-refractivity contribution is -0.129. The lowest BCUT2D eigenvalue weighted by Crippen LogP contribution is -2.35. The Morgan fingerprint density at radius 3 is 2.16 bits per heavy atom. The van der Waals surface area contributed by atoms with Crippen LogP contribution < -0.4 is 9.47 Å². The first kappa shape index (κ1) is 18.8. The van der Waals surface area contributed by atoms with E-state index in [0.717, 1.165) is 11.6 Å². The number of carbonyl (C=O) groups excluding carboxylic acids is 1. The summed E-state index contributed by atoms with van der Waals surface area (Å²) in [5.74, 6) is 1.02. The quantitative estimate of drug-likeness (QED) is 0.550. The molecule has 0 unspecified atom stereocenters. The molecule has 0 aliphatic heterocycles. The number of carbonyl (C=O) groups is 1. The summed E-state index contributed by atoms with van der Waals surface area (Å²) in [5.41, 5.74) is 2.00. The topological polar surface area (TPSA) is 44.8 Å². The van der Waals surface area contributed by atoms with Crippen LogP contribution in [0.3, 0.4) is 0 Å². The van der Waals surface area contributed by atoms with E-state index in [1.54, 1.807) is 26.4 Å². The van der Waals surface area contributed by atoms with E-state index in [9.17, 15) is 4.79 Å². The van der Waals surface area contributed by atoms with Gasteiger partial charge in [0.25, 0.3) is 8.32 Å². The van der Waals surface area contributed by atoms with Crippen LogP contribution in [0.2, 0.25) is 13.1 Å². The molecule has 0 saturated carbocycles. The summed E-state index contributed by atoms with van der Waals surface area (Å²) in [6.45, 7) is 4.08. The summed E-state index contributed by atoms with van der Waals surface area (Å²) in [6, 6.07) is 16.3. The maximum atomic E-state index is 12.2. The molecule has 0 amide bonds. The highest BCUT2D eigenvalue weighted by Crippen LogP contribution is 2.23. The Hall–Kier alpha value is -2.53. The molecule has 0 fully saturated rings. The van der Waals surface area contributed by atoms with E-state index in [2.05, 4.69) is 12.1 Å². The number of ether oxygens (including phenoxy) is 2. The van der Waals surface area contributed by atoms with Crippen LogP contribution in [0.4, 0.5) is 0 Å². The van der Waals surface area contributed by atoms with Gasteiger partial charge in [-0.2, -0.15) is 0 Å². The van der Waals surface area contributed by atoms with Gasteiger partial charge in [-0.1, -0.05) is 30.3 Å². The minimum atomic E-state index is -2.13. The van der Waals surface area contributed by atoms with E-state index in [1.165, 1.54) is 11.6 Å². The minimum Gasteiger partial charge on any atom is -0.516 e. The van der Waals surface area contributed by atoms with Gasteiger partial charge in [0.05, 0.1) is 14.2 Å². The van der Waals surface area contributed by atoms with Crippen LogP contribution >= 0.6 is 0 Å². The molecule has 0 aliphatic rings. The first-order valence-corrected chi connectivity index (χ1v) is 11.2. The van der Waals surface area contributed by atoms with Crippen molar-refractivity contribution in [3.05, 3.63) is 65.7 Å². The van der Waals surface area contributed by atoms with E-state index in [-0.39, 0.29) is 5.97 Å². The number of hydrogen-bond donors (Lipinski definition) is 0. The van der Waals surface area contributed by atoms with Gasteiger partial charge in [-0.3, -0.25) is 0 Å². The fraction of sp³-hybridized carbons (Fsp3) is 0.250. The van der Waals surface area contributed by atoms with Crippen molar-refractivity contribution in [2.24, 2.45) is 0 Å². The van der Waals surface area contributed by atoms with Gasteiger partial charge in [0.15, 0.2) is 0 Å². The Morgan fingerprint density at radius 2 is 1.60 bits per heavy atom. The summed E-state index contributed by atoms with van der Waals surface area (Å²) in [5, 5.41) is 0. The van der Waals surface area contributed by atoms with E-state index in [4.69, 9.17) is 13.9 Å². The maximum absolute atomic E-state index is 12.2. The highest BCUT2D eigenvalue weighted by molar-refractivity contribution is 6.72. The molecule has 2 rings (SSSR count). The largest absolute Gasteiger partial charge is 0.516 e. The van der Waals surface area contributed by atoms with E-state index >= 15 is 0 Å². The minimum absolute atomic E-state index is 0.325. The normalized spacial score (nSPS) is 11.4. The molecule has 0 aromatic heterocycles. The fourth-order valence-electron chi connectivity index (χ4n) is 2.52. The van der Waals surface area contributed by atoms with E-state index in [0.29, 0.717) is 11.5 Å². The first-order valence-electron chi connectivity index (χ1n) is 8.10. The van der Waals surface area contributed by atoms with Crippen molar-refractivity contribution in [1.29, 1.82) is 0 Å². The molecule has 0 aliphatic carbocycles. The second-order valence-corrected chi connectivity index (χ2v) is 10.4. The van der Waals surface area contributed by atoms with Crippen molar-refractivity contribution in [2.45, 2.75) is 19.1 Å². The van der Waals surface area contributed by atoms with Crippen LogP contribution in [0, 0.1) is 0 Å². The Labute approximate surface area is 150 Å². The average molecular weight is 356 g/mol. The second kappa shape index (κ2) is 8.53.